The highest BCUT2D eigenvalue weighted by Gasteiger charge is 2.49. The SMILES string of the molecule is C=CC1C(OC2OC(CO)C(O)C(O)C2O)OC=C2C(=O)OC(OCCCC)CC21. The third-order valence-electron chi connectivity index (χ3n) is 5.62. The predicted octanol–water partition coefficient (Wildman–Crippen LogP) is -0.449. The van der Waals surface area contributed by atoms with Crippen LogP contribution in [0.15, 0.2) is 24.5 Å². The highest BCUT2D eigenvalue weighted by atomic mass is 16.8. The summed E-state index contributed by atoms with van der Waals surface area (Å²) in [5, 5.41) is 39.4. The van der Waals surface area contributed by atoms with Gasteiger partial charge in [-0.2, -0.15) is 0 Å². The van der Waals surface area contributed by atoms with Gasteiger partial charge in [-0.25, -0.2) is 4.79 Å². The summed E-state index contributed by atoms with van der Waals surface area (Å²) >= 11 is 0. The Bertz CT molecular complexity index is 635. The van der Waals surface area contributed by atoms with Crippen LogP contribution in [0.3, 0.4) is 0 Å². The fourth-order valence-electron chi connectivity index (χ4n) is 3.81. The van der Waals surface area contributed by atoms with E-state index in [0.717, 1.165) is 12.8 Å². The van der Waals surface area contributed by atoms with Crippen LogP contribution in [0, 0.1) is 11.8 Å². The van der Waals surface area contributed by atoms with Crippen LogP contribution in [0.25, 0.3) is 0 Å². The largest absolute Gasteiger partial charge is 0.471 e. The molecule has 3 aliphatic rings. The maximum Gasteiger partial charge on any atom is 0.339 e. The number of esters is 1. The molecule has 0 saturated carbocycles. The Hall–Kier alpha value is -1.53. The van der Waals surface area contributed by atoms with E-state index in [9.17, 15) is 25.2 Å². The van der Waals surface area contributed by atoms with Crippen LogP contribution in [-0.2, 0) is 28.5 Å². The Kier molecular flexibility index (Phi) is 7.86. The number of hydrogen-bond acceptors (Lipinski definition) is 10. The number of aliphatic hydroxyl groups excluding tert-OH is 4. The van der Waals surface area contributed by atoms with Gasteiger partial charge < -0.3 is 44.1 Å². The molecule has 3 heterocycles. The van der Waals surface area contributed by atoms with Crippen LogP contribution in [0.1, 0.15) is 26.2 Å². The first-order chi connectivity index (χ1) is 14.4. The van der Waals surface area contributed by atoms with Gasteiger partial charge in [-0.1, -0.05) is 19.4 Å². The van der Waals surface area contributed by atoms with Crippen LogP contribution in [0.4, 0.5) is 0 Å². The van der Waals surface area contributed by atoms with Gasteiger partial charge >= 0.3 is 5.97 Å². The number of ether oxygens (including phenoxy) is 5. The zero-order valence-electron chi connectivity index (χ0n) is 16.8. The molecule has 9 unspecified atom stereocenters. The van der Waals surface area contributed by atoms with E-state index >= 15 is 0 Å². The maximum atomic E-state index is 12.4. The van der Waals surface area contributed by atoms with Gasteiger partial charge in [-0.3, -0.25) is 0 Å². The Balaban J connectivity index is 1.71. The van der Waals surface area contributed by atoms with Crippen LogP contribution >= 0.6 is 0 Å². The van der Waals surface area contributed by atoms with Crippen LogP contribution < -0.4 is 0 Å². The molecular formula is C20H30O10. The fraction of sp³-hybridized carbons (Fsp3) is 0.750. The molecule has 4 N–H and O–H groups in total. The Morgan fingerprint density at radius 2 is 2.00 bits per heavy atom. The van der Waals surface area contributed by atoms with Crippen molar-refractivity contribution in [2.45, 2.75) is 69.5 Å². The lowest BCUT2D eigenvalue weighted by Crippen LogP contribution is -2.60. The molecule has 3 rings (SSSR count). The zero-order valence-corrected chi connectivity index (χ0v) is 16.8. The molecule has 0 radical (unpaired) electrons. The van der Waals surface area contributed by atoms with Crippen LogP contribution in [0.5, 0.6) is 0 Å². The van der Waals surface area contributed by atoms with Crippen molar-refractivity contribution in [2.75, 3.05) is 13.2 Å². The summed E-state index contributed by atoms with van der Waals surface area (Å²) in [6, 6.07) is 0. The molecule has 10 nitrogen and oxygen atoms in total. The summed E-state index contributed by atoms with van der Waals surface area (Å²) in [5.74, 6) is -1.38. The van der Waals surface area contributed by atoms with Gasteiger partial charge in [0.1, 0.15) is 24.4 Å². The van der Waals surface area contributed by atoms with Crippen molar-refractivity contribution in [3.63, 3.8) is 0 Å². The van der Waals surface area contributed by atoms with Crippen molar-refractivity contribution in [2.24, 2.45) is 11.8 Å². The van der Waals surface area contributed by atoms with Crippen LogP contribution in [0.2, 0.25) is 0 Å². The standard InChI is InChI=1S/C20H30O10/c1-3-5-6-26-14-7-11-10(4-2)19(27-9-12(11)18(25)29-14)30-20-17(24)16(23)15(22)13(8-21)28-20/h4,9-11,13-17,19-24H,2-3,5-8H2,1H3. The van der Waals surface area contributed by atoms with E-state index in [1.807, 2.05) is 6.92 Å². The highest BCUT2D eigenvalue weighted by molar-refractivity contribution is 5.89. The third-order valence-corrected chi connectivity index (χ3v) is 5.62. The van der Waals surface area contributed by atoms with Gasteiger partial charge in [0.25, 0.3) is 0 Å². The van der Waals surface area contributed by atoms with Crippen molar-refractivity contribution in [3.8, 4) is 0 Å². The molecule has 0 aliphatic carbocycles. The highest BCUT2D eigenvalue weighted by Crippen LogP contribution is 2.40. The first-order valence-corrected chi connectivity index (χ1v) is 10.2. The second kappa shape index (κ2) is 10.2. The van der Waals surface area contributed by atoms with Crippen LogP contribution in [-0.4, -0.2) is 82.9 Å². The summed E-state index contributed by atoms with van der Waals surface area (Å²) in [6.07, 6.45) is -3.77. The van der Waals surface area contributed by atoms with Crippen molar-refractivity contribution in [3.05, 3.63) is 24.5 Å². The number of fused-ring (bicyclic) bond motifs is 1. The van der Waals surface area contributed by atoms with Gasteiger partial charge in [-0.05, 0) is 6.42 Å². The average molecular weight is 430 g/mol. The van der Waals surface area contributed by atoms with E-state index in [1.54, 1.807) is 6.08 Å². The van der Waals surface area contributed by atoms with E-state index in [-0.39, 0.29) is 5.92 Å². The van der Waals surface area contributed by atoms with Gasteiger partial charge in [0, 0.05) is 18.3 Å². The monoisotopic (exact) mass is 430 g/mol. The van der Waals surface area contributed by atoms with E-state index in [0.29, 0.717) is 18.6 Å². The molecule has 0 aromatic carbocycles. The minimum Gasteiger partial charge on any atom is -0.471 e. The van der Waals surface area contributed by atoms with Crippen molar-refractivity contribution >= 4 is 5.97 Å². The lowest BCUT2D eigenvalue weighted by Gasteiger charge is -2.44. The number of cyclic esters (lactones) is 1. The molecule has 3 aliphatic heterocycles. The normalized spacial score (nSPS) is 41.3. The Labute approximate surface area is 174 Å². The molecule has 170 valence electrons. The van der Waals surface area contributed by atoms with Gasteiger partial charge in [0.15, 0.2) is 6.29 Å². The first kappa shape index (κ1) is 23.1. The zero-order chi connectivity index (χ0) is 21.8. The molecule has 0 aromatic heterocycles. The average Bonchev–Trinajstić information content (AvgIpc) is 2.74. The lowest BCUT2D eigenvalue weighted by molar-refractivity contribution is -0.340. The maximum absolute atomic E-state index is 12.4. The Morgan fingerprint density at radius 1 is 1.23 bits per heavy atom. The summed E-state index contributed by atoms with van der Waals surface area (Å²) in [4.78, 5) is 12.4. The van der Waals surface area contributed by atoms with E-state index in [4.69, 9.17) is 23.7 Å². The van der Waals surface area contributed by atoms with Gasteiger partial charge in [-0.15, -0.1) is 6.58 Å². The molecule has 0 spiro atoms. The van der Waals surface area contributed by atoms with Gasteiger partial charge in [0.05, 0.1) is 25.0 Å². The molecule has 30 heavy (non-hydrogen) atoms. The predicted molar refractivity (Wildman–Crippen MR) is 100 cm³/mol. The molecule has 0 aromatic rings. The number of unbranched alkanes of at least 4 members (excludes halogenated alkanes) is 1. The second-order valence-corrected chi connectivity index (χ2v) is 7.63. The van der Waals surface area contributed by atoms with Crippen molar-refractivity contribution in [1.29, 1.82) is 0 Å². The van der Waals surface area contributed by atoms with E-state index < -0.39 is 61.8 Å². The molecule has 0 amide bonds. The third kappa shape index (κ3) is 4.70. The molecule has 9 atom stereocenters. The minimum absolute atomic E-state index is 0.337. The lowest BCUT2D eigenvalue weighted by atomic mass is 9.80. The van der Waals surface area contributed by atoms with Crippen molar-refractivity contribution < 1.29 is 48.9 Å². The van der Waals surface area contributed by atoms with Crippen molar-refractivity contribution in [1.82, 2.24) is 0 Å². The Morgan fingerprint density at radius 3 is 2.67 bits per heavy atom. The molecule has 10 heteroatoms. The van der Waals surface area contributed by atoms with E-state index in [2.05, 4.69) is 6.58 Å². The molecule has 2 fully saturated rings. The smallest absolute Gasteiger partial charge is 0.339 e. The summed E-state index contributed by atoms with van der Waals surface area (Å²) in [6.45, 7) is 5.74. The van der Waals surface area contributed by atoms with E-state index in [1.165, 1.54) is 6.26 Å². The second-order valence-electron chi connectivity index (χ2n) is 7.63. The molecular weight excluding hydrogens is 400 g/mol. The summed E-state index contributed by atoms with van der Waals surface area (Å²) in [7, 11) is 0. The first-order valence-electron chi connectivity index (χ1n) is 10.2. The number of aliphatic hydroxyl groups is 4. The summed E-state index contributed by atoms with van der Waals surface area (Å²) < 4.78 is 27.6. The fourth-order valence-corrected chi connectivity index (χ4v) is 3.81. The minimum atomic E-state index is -1.57. The number of hydrogen-bond donors (Lipinski definition) is 4. The number of carbonyl (C=O) groups is 1. The quantitative estimate of drug-likeness (QED) is 0.227. The summed E-state index contributed by atoms with van der Waals surface area (Å²) in [5.41, 5.74) is 0.337. The molecule has 0 bridgehead atoms. The number of carbonyl (C=O) groups excluding carboxylic acids is 1. The number of rotatable bonds is 8. The van der Waals surface area contributed by atoms with Gasteiger partial charge in [0.2, 0.25) is 12.6 Å². The molecule has 2 saturated heterocycles. The topological polar surface area (TPSA) is 144 Å².